The van der Waals surface area contributed by atoms with Gasteiger partial charge in [-0.05, 0) is 37.3 Å². The molecule has 3 rings (SSSR count). The first-order chi connectivity index (χ1) is 12.1. The van der Waals surface area contributed by atoms with Gasteiger partial charge in [0, 0.05) is 17.8 Å². The Kier molecular flexibility index (Phi) is 5.89. The second-order valence-electron chi connectivity index (χ2n) is 6.62. The molecule has 0 spiro atoms. The van der Waals surface area contributed by atoms with Gasteiger partial charge in [0.2, 0.25) is 5.91 Å². The van der Waals surface area contributed by atoms with Crippen molar-refractivity contribution in [3.8, 4) is 0 Å². The van der Waals surface area contributed by atoms with Crippen molar-refractivity contribution in [2.24, 2.45) is 0 Å². The lowest BCUT2D eigenvalue weighted by Crippen LogP contribution is -2.36. The molecule has 1 aliphatic heterocycles. The summed E-state index contributed by atoms with van der Waals surface area (Å²) in [4.78, 5) is 14.1. The van der Waals surface area contributed by atoms with E-state index in [0.717, 1.165) is 12.0 Å². The van der Waals surface area contributed by atoms with E-state index >= 15 is 0 Å². The summed E-state index contributed by atoms with van der Waals surface area (Å²) in [7, 11) is 0. The molecule has 2 aromatic rings. The molecule has 1 aliphatic rings. The minimum Gasteiger partial charge on any atom is -0.355 e. The van der Waals surface area contributed by atoms with Gasteiger partial charge < -0.3 is 14.8 Å². The van der Waals surface area contributed by atoms with Gasteiger partial charge in [-0.1, -0.05) is 35.9 Å². The van der Waals surface area contributed by atoms with Crippen LogP contribution in [0.2, 0.25) is 0 Å². The van der Waals surface area contributed by atoms with Gasteiger partial charge in [0.1, 0.15) is 0 Å². The fourth-order valence-corrected chi connectivity index (χ4v) is 3.78. The number of benzene rings is 1. The average Bonchev–Trinajstić information content (AvgIpc) is 3.25. The number of rotatable bonds is 7. The van der Waals surface area contributed by atoms with Crippen LogP contribution in [0.3, 0.4) is 0 Å². The molecule has 1 amide bonds. The molecule has 0 bridgehead atoms. The maximum absolute atomic E-state index is 12.8. The largest absolute Gasteiger partial charge is 0.355 e. The molecule has 1 saturated heterocycles. The minimum atomic E-state index is -0.569. The number of ether oxygens (including phenoxy) is 2. The van der Waals surface area contributed by atoms with Crippen LogP contribution < -0.4 is 5.32 Å². The highest BCUT2D eigenvalue weighted by atomic mass is 32.1. The SMILES string of the molecule is Cc1ccc(C(Cc2cccs2)C(=O)NCCC2(C)OCCO2)cc1. The van der Waals surface area contributed by atoms with E-state index in [9.17, 15) is 4.79 Å². The average molecular weight is 359 g/mol. The summed E-state index contributed by atoms with van der Waals surface area (Å²) in [6.07, 6.45) is 1.37. The van der Waals surface area contributed by atoms with E-state index in [4.69, 9.17) is 9.47 Å². The van der Waals surface area contributed by atoms with Gasteiger partial charge in [0.25, 0.3) is 0 Å². The number of carbonyl (C=O) groups is 1. The first-order valence-corrected chi connectivity index (χ1v) is 9.58. The Balaban J connectivity index is 1.65. The second-order valence-corrected chi connectivity index (χ2v) is 7.65. The Morgan fingerprint density at radius 2 is 1.96 bits per heavy atom. The Morgan fingerprint density at radius 1 is 1.24 bits per heavy atom. The molecule has 0 aliphatic carbocycles. The van der Waals surface area contributed by atoms with E-state index in [2.05, 4.69) is 48.0 Å². The van der Waals surface area contributed by atoms with Crippen LogP contribution in [0.1, 0.15) is 35.3 Å². The summed E-state index contributed by atoms with van der Waals surface area (Å²) >= 11 is 1.69. The van der Waals surface area contributed by atoms with Crippen LogP contribution >= 0.6 is 11.3 Å². The highest BCUT2D eigenvalue weighted by Gasteiger charge is 2.31. The highest BCUT2D eigenvalue weighted by molar-refractivity contribution is 7.09. The van der Waals surface area contributed by atoms with Gasteiger partial charge >= 0.3 is 0 Å². The zero-order chi connectivity index (χ0) is 17.7. The molecule has 1 atom stereocenters. The third-order valence-corrected chi connectivity index (χ3v) is 5.46. The fraction of sp³-hybridized carbons (Fsp3) is 0.450. The topological polar surface area (TPSA) is 47.6 Å². The first kappa shape index (κ1) is 18.1. The van der Waals surface area contributed by atoms with Gasteiger partial charge in [-0.25, -0.2) is 0 Å². The Bertz CT molecular complexity index is 675. The number of nitrogens with one attached hydrogen (secondary N) is 1. The van der Waals surface area contributed by atoms with Crippen LogP contribution in [-0.2, 0) is 20.7 Å². The molecule has 1 aromatic heterocycles. The molecule has 5 heteroatoms. The number of hydrogen-bond acceptors (Lipinski definition) is 4. The van der Waals surface area contributed by atoms with Crippen LogP contribution in [0.15, 0.2) is 41.8 Å². The lowest BCUT2D eigenvalue weighted by molar-refractivity contribution is -0.146. The van der Waals surface area contributed by atoms with Crippen molar-refractivity contribution < 1.29 is 14.3 Å². The van der Waals surface area contributed by atoms with E-state index < -0.39 is 5.79 Å². The quantitative estimate of drug-likeness (QED) is 0.821. The van der Waals surface area contributed by atoms with E-state index in [1.807, 2.05) is 13.0 Å². The van der Waals surface area contributed by atoms with Gasteiger partial charge in [-0.3, -0.25) is 4.79 Å². The standard InChI is InChI=1S/C20H25NO3S/c1-15-5-7-16(8-6-15)18(14-17-4-3-13-25-17)19(22)21-10-9-20(2)23-11-12-24-20/h3-8,13,18H,9-12,14H2,1-2H3,(H,21,22). The van der Waals surface area contributed by atoms with Crippen molar-refractivity contribution in [1.82, 2.24) is 5.32 Å². The van der Waals surface area contributed by atoms with Crippen LogP contribution in [0.4, 0.5) is 0 Å². The molecule has 1 N–H and O–H groups in total. The number of aryl methyl sites for hydroxylation is 1. The molecular weight excluding hydrogens is 334 g/mol. The van der Waals surface area contributed by atoms with Crippen LogP contribution in [0.25, 0.3) is 0 Å². The Morgan fingerprint density at radius 3 is 2.60 bits per heavy atom. The smallest absolute Gasteiger partial charge is 0.227 e. The van der Waals surface area contributed by atoms with Crippen molar-refractivity contribution in [3.05, 3.63) is 57.8 Å². The Labute approximate surface area is 153 Å². The van der Waals surface area contributed by atoms with E-state index in [1.54, 1.807) is 11.3 Å². The number of carbonyl (C=O) groups excluding carboxylic acids is 1. The van der Waals surface area contributed by atoms with Crippen LogP contribution in [-0.4, -0.2) is 31.5 Å². The number of hydrogen-bond donors (Lipinski definition) is 1. The van der Waals surface area contributed by atoms with Crippen LogP contribution in [0.5, 0.6) is 0 Å². The van der Waals surface area contributed by atoms with Crippen molar-refractivity contribution in [1.29, 1.82) is 0 Å². The van der Waals surface area contributed by atoms with E-state index in [-0.39, 0.29) is 11.8 Å². The lowest BCUT2D eigenvalue weighted by atomic mass is 9.93. The number of thiophene rings is 1. The van der Waals surface area contributed by atoms with E-state index in [1.165, 1.54) is 10.4 Å². The van der Waals surface area contributed by atoms with Crippen LogP contribution in [0, 0.1) is 6.92 Å². The summed E-state index contributed by atoms with van der Waals surface area (Å²) in [6, 6.07) is 12.3. The third-order valence-electron chi connectivity index (χ3n) is 4.56. The molecule has 0 saturated carbocycles. The highest BCUT2D eigenvalue weighted by Crippen LogP contribution is 2.25. The predicted molar refractivity (Wildman–Crippen MR) is 99.9 cm³/mol. The summed E-state index contributed by atoms with van der Waals surface area (Å²) < 4.78 is 11.2. The molecule has 134 valence electrons. The predicted octanol–water partition coefficient (Wildman–Crippen LogP) is 3.65. The first-order valence-electron chi connectivity index (χ1n) is 8.70. The molecule has 0 radical (unpaired) electrons. The van der Waals surface area contributed by atoms with Crippen molar-refractivity contribution in [3.63, 3.8) is 0 Å². The summed E-state index contributed by atoms with van der Waals surface area (Å²) in [6.45, 7) is 5.77. The maximum Gasteiger partial charge on any atom is 0.227 e. The summed E-state index contributed by atoms with van der Waals surface area (Å²) in [5.41, 5.74) is 2.25. The molecule has 1 unspecified atom stereocenters. The maximum atomic E-state index is 12.8. The van der Waals surface area contributed by atoms with E-state index in [0.29, 0.717) is 26.2 Å². The molecule has 4 nitrogen and oxygen atoms in total. The summed E-state index contributed by atoms with van der Waals surface area (Å²) in [5, 5.41) is 5.12. The number of amides is 1. The molecule has 25 heavy (non-hydrogen) atoms. The van der Waals surface area contributed by atoms with Crippen molar-refractivity contribution in [2.45, 2.75) is 38.4 Å². The lowest BCUT2D eigenvalue weighted by Gasteiger charge is -2.23. The minimum absolute atomic E-state index is 0.0545. The Hall–Kier alpha value is -1.69. The fourth-order valence-electron chi connectivity index (χ4n) is 3.03. The molecule has 2 heterocycles. The second kappa shape index (κ2) is 8.13. The van der Waals surface area contributed by atoms with Gasteiger partial charge in [-0.2, -0.15) is 0 Å². The van der Waals surface area contributed by atoms with Crippen molar-refractivity contribution >= 4 is 17.2 Å². The summed E-state index contributed by atoms with van der Waals surface area (Å²) in [5.74, 6) is -0.697. The zero-order valence-electron chi connectivity index (χ0n) is 14.8. The monoisotopic (exact) mass is 359 g/mol. The normalized spacial score (nSPS) is 17.4. The third kappa shape index (κ3) is 4.91. The molecule has 1 fully saturated rings. The molecule has 1 aromatic carbocycles. The van der Waals surface area contributed by atoms with Gasteiger partial charge in [0.05, 0.1) is 19.1 Å². The van der Waals surface area contributed by atoms with Gasteiger partial charge in [0.15, 0.2) is 5.79 Å². The molecular formula is C20H25NO3S. The van der Waals surface area contributed by atoms with Crippen molar-refractivity contribution in [2.75, 3.05) is 19.8 Å². The zero-order valence-corrected chi connectivity index (χ0v) is 15.6. The van der Waals surface area contributed by atoms with Gasteiger partial charge in [-0.15, -0.1) is 11.3 Å².